The number of sulfonamides is 1. The van der Waals surface area contributed by atoms with Gasteiger partial charge in [-0.15, -0.1) is 0 Å². The van der Waals surface area contributed by atoms with E-state index in [1.165, 1.54) is 6.07 Å². The molecule has 112 valence electrons. The van der Waals surface area contributed by atoms with Crippen molar-refractivity contribution in [2.75, 3.05) is 12.3 Å². The molecule has 0 saturated heterocycles. The zero-order valence-corrected chi connectivity index (χ0v) is 13.1. The number of nitrogens with two attached hydrogens (primary N) is 1. The van der Waals surface area contributed by atoms with E-state index >= 15 is 0 Å². The molecule has 0 fully saturated rings. The first-order valence-corrected chi connectivity index (χ1v) is 8.29. The Balaban J connectivity index is 2.05. The second kappa shape index (κ2) is 6.28. The highest BCUT2D eigenvalue weighted by molar-refractivity contribution is 7.89. The van der Waals surface area contributed by atoms with Crippen molar-refractivity contribution in [3.05, 3.63) is 59.2 Å². The average molecular weight is 304 g/mol. The van der Waals surface area contributed by atoms with E-state index in [9.17, 15) is 8.42 Å². The topological polar surface area (TPSA) is 72.2 Å². The van der Waals surface area contributed by atoms with Gasteiger partial charge in [0.15, 0.2) is 0 Å². The Labute approximate surface area is 126 Å². The molecular formula is C16H20N2O2S. The Kier molecular flexibility index (Phi) is 4.65. The molecule has 2 aromatic rings. The summed E-state index contributed by atoms with van der Waals surface area (Å²) in [6.45, 7) is 4.23. The first kappa shape index (κ1) is 15.5. The molecule has 2 aromatic carbocycles. The highest BCUT2D eigenvalue weighted by Gasteiger charge is 2.14. The SMILES string of the molecule is Cc1ccc(S(=O)(=O)NCCc2ccccc2C)cc1N. The molecule has 4 nitrogen and oxygen atoms in total. The molecule has 0 aliphatic carbocycles. The molecule has 0 radical (unpaired) electrons. The van der Waals surface area contributed by atoms with Crippen LogP contribution in [-0.4, -0.2) is 15.0 Å². The average Bonchev–Trinajstić information content (AvgIpc) is 2.44. The van der Waals surface area contributed by atoms with Crippen LogP contribution in [0.1, 0.15) is 16.7 Å². The van der Waals surface area contributed by atoms with E-state index in [0.717, 1.165) is 16.7 Å². The molecule has 0 heterocycles. The van der Waals surface area contributed by atoms with E-state index in [2.05, 4.69) is 4.72 Å². The summed E-state index contributed by atoms with van der Waals surface area (Å²) in [6, 6.07) is 12.7. The van der Waals surface area contributed by atoms with Gasteiger partial charge in [-0.05, 0) is 49.1 Å². The Morgan fingerprint density at radius 1 is 1.05 bits per heavy atom. The van der Waals surface area contributed by atoms with E-state index < -0.39 is 10.0 Å². The van der Waals surface area contributed by atoms with Gasteiger partial charge in [0, 0.05) is 12.2 Å². The van der Waals surface area contributed by atoms with Crippen molar-refractivity contribution in [3.63, 3.8) is 0 Å². The number of hydrogen-bond acceptors (Lipinski definition) is 3. The maximum atomic E-state index is 12.2. The quantitative estimate of drug-likeness (QED) is 0.833. The number of anilines is 1. The van der Waals surface area contributed by atoms with Crippen molar-refractivity contribution in [2.45, 2.75) is 25.2 Å². The molecule has 2 rings (SSSR count). The van der Waals surface area contributed by atoms with Crippen LogP contribution >= 0.6 is 0 Å². The van der Waals surface area contributed by atoms with Crippen LogP contribution in [0.2, 0.25) is 0 Å². The zero-order valence-electron chi connectivity index (χ0n) is 12.3. The molecule has 0 aliphatic heterocycles. The molecule has 0 unspecified atom stereocenters. The van der Waals surface area contributed by atoms with E-state index in [0.29, 0.717) is 18.7 Å². The summed E-state index contributed by atoms with van der Waals surface area (Å²) < 4.78 is 27.0. The lowest BCUT2D eigenvalue weighted by Gasteiger charge is -2.09. The molecular weight excluding hydrogens is 284 g/mol. The summed E-state index contributed by atoms with van der Waals surface area (Å²) in [6.07, 6.45) is 0.660. The summed E-state index contributed by atoms with van der Waals surface area (Å²) in [4.78, 5) is 0.204. The summed E-state index contributed by atoms with van der Waals surface area (Å²) in [5, 5.41) is 0. The number of aryl methyl sites for hydroxylation is 2. The summed E-state index contributed by atoms with van der Waals surface area (Å²) in [5.74, 6) is 0. The molecule has 0 aliphatic rings. The van der Waals surface area contributed by atoms with E-state index in [1.807, 2.05) is 38.1 Å². The molecule has 5 heteroatoms. The minimum absolute atomic E-state index is 0.204. The van der Waals surface area contributed by atoms with Crippen LogP contribution in [0.15, 0.2) is 47.4 Å². The van der Waals surface area contributed by atoms with Crippen LogP contribution in [0.25, 0.3) is 0 Å². The Morgan fingerprint density at radius 2 is 1.76 bits per heavy atom. The van der Waals surface area contributed by atoms with Crippen molar-refractivity contribution in [1.29, 1.82) is 0 Å². The number of benzene rings is 2. The molecule has 0 spiro atoms. The Hall–Kier alpha value is -1.85. The lowest BCUT2D eigenvalue weighted by molar-refractivity contribution is 0.581. The molecule has 0 bridgehead atoms. The third kappa shape index (κ3) is 3.83. The standard InChI is InChI=1S/C16H20N2O2S/c1-12-5-3-4-6-14(12)9-10-18-21(19,20)15-8-7-13(2)16(17)11-15/h3-8,11,18H,9-10,17H2,1-2H3. The molecule has 21 heavy (non-hydrogen) atoms. The Morgan fingerprint density at radius 3 is 2.43 bits per heavy atom. The number of nitrogen functional groups attached to an aromatic ring is 1. The van der Waals surface area contributed by atoms with Gasteiger partial charge in [0.2, 0.25) is 10.0 Å². The Bertz CT molecular complexity index is 740. The van der Waals surface area contributed by atoms with Gasteiger partial charge < -0.3 is 5.73 Å². The lowest BCUT2D eigenvalue weighted by atomic mass is 10.1. The second-order valence-electron chi connectivity index (χ2n) is 5.09. The summed E-state index contributed by atoms with van der Waals surface area (Å²) in [7, 11) is -3.51. The fraction of sp³-hybridized carbons (Fsp3) is 0.250. The number of rotatable bonds is 5. The van der Waals surface area contributed by atoms with Crippen molar-refractivity contribution in [2.24, 2.45) is 0 Å². The third-order valence-electron chi connectivity index (χ3n) is 3.51. The molecule has 0 amide bonds. The molecule has 0 atom stereocenters. The third-order valence-corrected chi connectivity index (χ3v) is 4.97. The van der Waals surface area contributed by atoms with Crippen LogP contribution in [-0.2, 0) is 16.4 Å². The first-order valence-electron chi connectivity index (χ1n) is 6.80. The normalized spacial score (nSPS) is 11.5. The van der Waals surface area contributed by atoms with Crippen molar-refractivity contribution < 1.29 is 8.42 Å². The van der Waals surface area contributed by atoms with Gasteiger partial charge in [-0.3, -0.25) is 0 Å². The lowest BCUT2D eigenvalue weighted by Crippen LogP contribution is -2.26. The maximum Gasteiger partial charge on any atom is 0.240 e. The van der Waals surface area contributed by atoms with E-state index in [-0.39, 0.29) is 4.90 Å². The maximum absolute atomic E-state index is 12.2. The first-order chi connectivity index (χ1) is 9.90. The minimum Gasteiger partial charge on any atom is -0.398 e. The monoisotopic (exact) mass is 304 g/mol. The van der Waals surface area contributed by atoms with Crippen LogP contribution in [0, 0.1) is 13.8 Å². The largest absolute Gasteiger partial charge is 0.398 e. The summed E-state index contributed by atoms with van der Waals surface area (Å²) >= 11 is 0. The molecule has 0 aromatic heterocycles. The van der Waals surface area contributed by atoms with Crippen LogP contribution in [0.3, 0.4) is 0 Å². The predicted octanol–water partition coefficient (Wildman–Crippen LogP) is 2.41. The van der Waals surface area contributed by atoms with Gasteiger partial charge >= 0.3 is 0 Å². The predicted molar refractivity (Wildman–Crippen MR) is 85.7 cm³/mol. The fourth-order valence-electron chi connectivity index (χ4n) is 2.08. The zero-order chi connectivity index (χ0) is 15.5. The van der Waals surface area contributed by atoms with Crippen molar-refractivity contribution in [1.82, 2.24) is 4.72 Å². The van der Waals surface area contributed by atoms with Crippen molar-refractivity contribution in [3.8, 4) is 0 Å². The van der Waals surface area contributed by atoms with E-state index in [1.54, 1.807) is 12.1 Å². The number of nitrogens with one attached hydrogen (secondary N) is 1. The number of hydrogen-bond donors (Lipinski definition) is 2. The van der Waals surface area contributed by atoms with Crippen LogP contribution in [0.4, 0.5) is 5.69 Å². The van der Waals surface area contributed by atoms with Gasteiger partial charge in [-0.1, -0.05) is 30.3 Å². The minimum atomic E-state index is -3.51. The van der Waals surface area contributed by atoms with Gasteiger partial charge in [0.05, 0.1) is 4.90 Å². The molecule has 0 saturated carbocycles. The summed E-state index contributed by atoms with van der Waals surface area (Å²) in [5.41, 5.74) is 9.42. The molecule has 3 N–H and O–H groups in total. The second-order valence-corrected chi connectivity index (χ2v) is 6.86. The van der Waals surface area contributed by atoms with E-state index in [4.69, 9.17) is 5.73 Å². The van der Waals surface area contributed by atoms with Gasteiger partial charge in [0.1, 0.15) is 0 Å². The smallest absolute Gasteiger partial charge is 0.240 e. The highest BCUT2D eigenvalue weighted by atomic mass is 32.2. The fourth-order valence-corrected chi connectivity index (χ4v) is 3.15. The highest BCUT2D eigenvalue weighted by Crippen LogP contribution is 2.17. The van der Waals surface area contributed by atoms with Gasteiger partial charge in [0.25, 0.3) is 0 Å². The van der Waals surface area contributed by atoms with Crippen LogP contribution < -0.4 is 10.5 Å². The van der Waals surface area contributed by atoms with Crippen LogP contribution in [0.5, 0.6) is 0 Å². The van der Waals surface area contributed by atoms with Crippen molar-refractivity contribution >= 4 is 15.7 Å². The van der Waals surface area contributed by atoms with Gasteiger partial charge in [-0.25, -0.2) is 13.1 Å². The van der Waals surface area contributed by atoms with Gasteiger partial charge in [-0.2, -0.15) is 0 Å².